The molecule has 0 unspecified atom stereocenters. The van der Waals surface area contributed by atoms with Crippen LogP contribution in [0.15, 0.2) is 42.5 Å². The summed E-state index contributed by atoms with van der Waals surface area (Å²) in [4.78, 5) is 24.6. The van der Waals surface area contributed by atoms with Crippen molar-refractivity contribution in [1.82, 2.24) is 0 Å². The van der Waals surface area contributed by atoms with Gasteiger partial charge in [-0.3, -0.25) is 4.79 Å². The molecule has 2 rings (SSSR count). The van der Waals surface area contributed by atoms with E-state index in [-0.39, 0.29) is 11.3 Å². The number of amides is 1. The Hall–Kier alpha value is -3.02. The lowest BCUT2D eigenvalue weighted by Crippen LogP contribution is -2.30. The van der Waals surface area contributed by atoms with Gasteiger partial charge in [0.05, 0.1) is 14.2 Å². The molecule has 2 aromatic rings. The third kappa shape index (κ3) is 4.50. The molecule has 0 aliphatic rings. The van der Waals surface area contributed by atoms with Crippen molar-refractivity contribution in [3.63, 3.8) is 0 Å². The quantitative estimate of drug-likeness (QED) is 0.816. The summed E-state index contributed by atoms with van der Waals surface area (Å²) in [5.41, 5.74) is 1.85. The van der Waals surface area contributed by atoms with E-state index in [1.54, 1.807) is 24.3 Å². The van der Waals surface area contributed by atoms with Gasteiger partial charge in [0, 0.05) is 5.69 Å². The first-order chi connectivity index (χ1) is 12.0. The smallest absolute Gasteiger partial charge is 0.342 e. The van der Waals surface area contributed by atoms with Crippen molar-refractivity contribution in [2.45, 2.75) is 20.0 Å². The third-order valence-electron chi connectivity index (χ3n) is 3.56. The van der Waals surface area contributed by atoms with E-state index in [2.05, 4.69) is 5.32 Å². The Morgan fingerprint density at radius 2 is 1.76 bits per heavy atom. The Morgan fingerprint density at radius 1 is 1.04 bits per heavy atom. The molecule has 6 heteroatoms. The Morgan fingerprint density at radius 3 is 2.40 bits per heavy atom. The highest BCUT2D eigenvalue weighted by Crippen LogP contribution is 2.31. The zero-order valence-corrected chi connectivity index (χ0v) is 14.7. The van der Waals surface area contributed by atoms with Crippen LogP contribution in [0.4, 0.5) is 5.69 Å². The molecule has 0 aliphatic heterocycles. The Balaban J connectivity index is 2.08. The molecule has 0 aliphatic carbocycles. The zero-order chi connectivity index (χ0) is 18.4. The van der Waals surface area contributed by atoms with Gasteiger partial charge in [-0.15, -0.1) is 0 Å². The van der Waals surface area contributed by atoms with Gasteiger partial charge in [0.15, 0.2) is 17.6 Å². The normalized spacial score (nSPS) is 11.4. The average Bonchev–Trinajstić information content (AvgIpc) is 2.60. The van der Waals surface area contributed by atoms with Crippen LogP contribution in [0.5, 0.6) is 11.5 Å². The molecule has 0 bridgehead atoms. The zero-order valence-electron chi connectivity index (χ0n) is 14.7. The number of esters is 1. The molecule has 0 radical (unpaired) electrons. The van der Waals surface area contributed by atoms with Gasteiger partial charge in [0.25, 0.3) is 5.91 Å². The number of benzene rings is 2. The highest BCUT2D eigenvalue weighted by atomic mass is 16.6. The van der Waals surface area contributed by atoms with Gasteiger partial charge in [-0.1, -0.05) is 18.2 Å². The lowest BCUT2D eigenvalue weighted by Gasteiger charge is -2.16. The summed E-state index contributed by atoms with van der Waals surface area (Å²) in [6.45, 7) is 3.43. The molecular formula is C19H21NO5. The Bertz CT molecular complexity index is 772. The molecule has 1 N–H and O–H groups in total. The molecule has 0 heterocycles. The van der Waals surface area contributed by atoms with E-state index in [0.29, 0.717) is 11.4 Å². The van der Waals surface area contributed by atoms with Crippen molar-refractivity contribution in [3.05, 3.63) is 53.6 Å². The van der Waals surface area contributed by atoms with Crippen molar-refractivity contribution in [3.8, 4) is 11.5 Å². The minimum absolute atomic E-state index is 0.192. The van der Waals surface area contributed by atoms with Gasteiger partial charge in [0.1, 0.15) is 5.56 Å². The van der Waals surface area contributed by atoms with Crippen LogP contribution < -0.4 is 14.8 Å². The summed E-state index contributed by atoms with van der Waals surface area (Å²) < 4.78 is 15.6. The van der Waals surface area contributed by atoms with Crippen LogP contribution in [0.1, 0.15) is 22.8 Å². The van der Waals surface area contributed by atoms with Crippen molar-refractivity contribution in [1.29, 1.82) is 0 Å². The van der Waals surface area contributed by atoms with Crippen LogP contribution in [0.25, 0.3) is 0 Å². The number of hydrogen-bond donors (Lipinski definition) is 1. The predicted octanol–water partition coefficient (Wildman–Crippen LogP) is 3.20. The molecule has 25 heavy (non-hydrogen) atoms. The highest BCUT2D eigenvalue weighted by molar-refractivity contribution is 5.98. The summed E-state index contributed by atoms with van der Waals surface area (Å²) in [6.07, 6.45) is -0.969. The molecule has 0 fully saturated rings. The maximum atomic E-state index is 12.4. The largest absolute Gasteiger partial charge is 0.493 e. The summed E-state index contributed by atoms with van der Waals surface area (Å²) in [5.74, 6) is -0.404. The molecular weight excluding hydrogens is 322 g/mol. The number of rotatable bonds is 6. The van der Waals surface area contributed by atoms with Crippen molar-refractivity contribution in [2.75, 3.05) is 19.5 Å². The van der Waals surface area contributed by atoms with E-state index >= 15 is 0 Å². The highest BCUT2D eigenvalue weighted by Gasteiger charge is 2.23. The first-order valence-corrected chi connectivity index (χ1v) is 7.75. The molecule has 1 atom stereocenters. The SMILES string of the molecule is COc1cccc(C(=O)O[C@@H](C)C(=O)Nc2cccc(C)c2)c1OC. The monoisotopic (exact) mass is 343 g/mol. The first-order valence-electron chi connectivity index (χ1n) is 7.75. The van der Waals surface area contributed by atoms with Crippen LogP contribution in [0.2, 0.25) is 0 Å². The van der Waals surface area contributed by atoms with Crippen LogP contribution >= 0.6 is 0 Å². The fourth-order valence-electron chi connectivity index (χ4n) is 2.29. The topological polar surface area (TPSA) is 73.9 Å². The number of para-hydroxylation sites is 1. The second kappa shape index (κ2) is 8.19. The molecule has 0 saturated heterocycles. The fraction of sp³-hybridized carbons (Fsp3) is 0.263. The maximum absolute atomic E-state index is 12.4. The molecule has 0 aromatic heterocycles. The lowest BCUT2D eigenvalue weighted by molar-refractivity contribution is -0.123. The van der Waals surface area contributed by atoms with Gasteiger partial charge < -0.3 is 19.5 Å². The van der Waals surface area contributed by atoms with Crippen molar-refractivity contribution < 1.29 is 23.8 Å². The van der Waals surface area contributed by atoms with E-state index in [1.807, 2.05) is 25.1 Å². The average molecular weight is 343 g/mol. The van der Waals surface area contributed by atoms with Crippen LogP contribution in [-0.2, 0) is 9.53 Å². The minimum Gasteiger partial charge on any atom is -0.493 e. The summed E-state index contributed by atoms with van der Waals surface area (Å²) in [6, 6.07) is 12.2. The van der Waals surface area contributed by atoms with E-state index in [0.717, 1.165) is 5.56 Å². The van der Waals surface area contributed by atoms with E-state index in [1.165, 1.54) is 21.1 Å². The van der Waals surface area contributed by atoms with Gasteiger partial charge in [-0.05, 0) is 43.7 Å². The molecule has 1 amide bonds. The van der Waals surface area contributed by atoms with E-state index < -0.39 is 18.0 Å². The number of anilines is 1. The molecule has 132 valence electrons. The molecule has 2 aromatic carbocycles. The number of hydrogen-bond acceptors (Lipinski definition) is 5. The maximum Gasteiger partial charge on any atom is 0.342 e. The Kier molecular flexibility index (Phi) is 6.00. The lowest BCUT2D eigenvalue weighted by atomic mass is 10.2. The van der Waals surface area contributed by atoms with Crippen molar-refractivity contribution in [2.24, 2.45) is 0 Å². The number of ether oxygens (including phenoxy) is 3. The van der Waals surface area contributed by atoms with Crippen LogP contribution in [0, 0.1) is 6.92 Å². The Labute approximate surface area is 146 Å². The number of carbonyl (C=O) groups excluding carboxylic acids is 2. The molecule has 0 saturated carbocycles. The van der Waals surface area contributed by atoms with Gasteiger partial charge in [0.2, 0.25) is 0 Å². The third-order valence-corrected chi connectivity index (χ3v) is 3.56. The van der Waals surface area contributed by atoms with Gasteiger partial charge in [-0.25, -0.2) is 4.79 Å². The van der Waals surface area contributed by atoms with Gasteiger partial charge in [-0.2, -0.15) is 0 Å². The van der Waals surface area contributed by atoms with Crippen molar-refractivity contribution >= 4 is 17.6 Å². The molecule has 0 spiro atoms. The first kappa shape index (κ1) is 18.3. The molecule has 6 nitrogen and oxygen atoms in total. The predicted molar refractivity (Wildman–Crippen MR) is 94.2 cm³/mol. The van der Waals surface area contributed by atoms with Crippen LogP contribution in [0.3, 0.4) is 0 Å². The standard InChI is InChI=1S/C19H21NO5/c1-12-7-5-8-14(11-12)20-18(21)13(2)25-19(22)15-9-6-10-16(23-3)17(15)24-4/h5-11,13H,1-4H3,(H,20,21)/t13-/m0/s1. The second-order valence-electron chi connectivity index (χ2n) is 5.45. The number of aryl methyl sites for hydroxylation is 1. The summed E-state index contributed by atoms with van der Waals surface area (Å²) in [5, 5.41) is 2.72. The second-order valence-corrected chi connectivity index (χ2v) is 5.45. The number of carbonyl (C=O) groups is 2. The van der Waals surface area contributed by atoms with Crippen LogP contribution in [-0.4, -0.2) is 32.2 Å². The number of nitrogens with one attached hydrogen (secondary N) is 1. The summed E-state index contributed by atoms with van der Waals surface area (Å²) >= 11 is 0. The minimum atomic E-state index is -0.969. The van der Waals surface area contributed by atoms with E-state index in [4.69, 9.17) is 14.2 Å². The summed E-state index contributed by atoms with van der Waals surface area (Å²) in [7, 11) is 2.91. The van der Waals surface area contributed by atoms with Gasteiger partial charge >= 0.3 is 5.97 Å². The fourth-order valence-corrected chi connectivity index (χ4v) is 2.29. The van der Waals surface area contributed by atoms with E-state index in [9.17, 15) is 9.59 Å². The number of methoxy groups -OCH3 is 2.